The highest BCUT2D eigenvalue weighted by molar-refractivity contribution is 7.13. The number of rotatable bonds is 4. The Bertz CT molecular complexity index is 507. The quantitative estimate of drug-likeness (QED) is 0.873. The Kier molecular flexibility index (Phi) is 8.24. The molecule has 1 fully saturated rings. The highest BCUT2D eigenvalue weighted by Gasteiger charge is 2.25. The molecule has 1 saturated heterocycles. The van der Waals surface area contributed by atoms with Crippen molar-refractivity contribution >= 4 is 47.5 Å². The lowest BCUT2D eigenvalue weighted by molar-refractivity contribution is 0.203. The van der Waals surface area contributed by atoms with E-state index < -0.39 is 0 Å². The van der Waals surface area contributed by atoms with Crippen LogP contribution in [0.3, 0.4) is 0 Å². The summed E-state index contributed by atoms with van der Waals surface area (Å²) in [5, 5.41) is 5.64. The van der Waals surface area contributed by atoms with Gasteiger partial charge in [-0.2, -0.15) is 0 Å². The molecule has 21 heavy (non-hydrogen) atoms. The van der Waals surface area contributed by atoms with Crippen molar-refractivity contribution in [3.05, 3.63) is 44.3 Å². The van der Waals surface area contributed by atoms with Crippen LogP contribution in [0.15, 0.2) is 29.6 Å². The van der Waals surface area contributed by atoms with Crippen LogP contribution in [-0.4, -0.2) is 31.1 Å². The summed E-state index contributed by atoms with van der Waals surface area (Å²) in [4.78, 5) is 7.09. The van der Waals surface area contributed by atoms with Crippen LogP contribution in [0.2, 0.25) is 0 Å². The van der Waals surface area contributed by atoms with Gasteiger partial charge in [-0.25, -0.2) is 0 Å². The van der Waals surface area contributed by atoms with Crippen molar-refractivity contribution in [3.8, 4) is 0 Å². The van der Waals surface area contributed by atoms with Crippen molar-refractivity contribution < 1.29 is 0 Å². The molecule has 2 nitrogen and oxygen atoms in total. The fraction of sp³-hybridized carbons (Fsp3) is 0.467. The second kappa shape index (κ2) is 9.13. The lowest BCUT2D eigenvalue weighted by Crippen LogP contribution is -2.45. The molecule has 3 rings (SSSR count). The first-order valence-corrected chi connectivity index (χ1v) is 8.65. The summed E-state index contributed by atoms with van der Waals surface area (Å²) >= 11 is 3.86. The number of thiophene rings is 2. The summed E-state index contributed by atoms with van der Waals surface area (Å²) in [6.07, 6.45) is 1.14. The van der Waals surface area contributed by atoms with E-state index in [2.05, 4.69) is 46.8 Å². The van der Waals surface area contributed by atoms with E-state index in [9.17, 15) is 0 Å². The molecule has 0 saturated carbocycles. The van der Waals surface area contributed by atoms with Gasteiger partial charge in [-0.05, 0) is 30.0 Å². The van der Waals surface area contributed by atoms with Crippen molar-refractivity contribution in [2.45, 2.75) is 19.4 Å². The van der Waals surface area contributed by atoms with E-state index >= 15 is 0 Å². The molecule has 1 aliphatic heterocycles. The largest absolute Gasteiger partial charge is 0.314 e. The summed E-state index contributed by atoms with van der Waals surface area (Å²) in [7, 11) is 0. The van der Waals surface area contributed by atoms with Crippen LogP contribution in [-0.2, 0) is 6.42 Å². The molecule has 0 unspecified atom stereocenters. The van der Waals surface area contributed by atoms with Crippen molar-refractivity contribution in [3.63, 3.8) is 0 Å². The zero-order valence-electron chi connectivity index (χ0n) is 12.1. The third-order valence-electron chi connectivity index (χ3n) is 3.63. The molecule has 0 aliphatic carbocycles. The maximum Gasteiger partial charge on any atom is 0.0790 e. The zero-order valence-corrected chi connectivity index (χ0v) is 15.3. The molecular weight excluding hydrogens is 343 g/mol. The summed E-state index contributed by atoms with van der Waals surface area (Å²) in [6.45, 7) is 6.73. The number of nitrogens with zero attached hydrogens (tertiary/aromatic N) is 1. The highest BCUT2D eigenvalue weighted by atomic mass is 35.5. The molecule has 118 valence electrons. The van der Waals surface area contributed by atoms with E-state index in [1.807, 2.05) is 22.7 Å². The topological polar surface area (TPSA) is 15.3 Å². The lowest BCUT2D eigenvalue weighted by atomic mass is 10.1. The van der Waals surface area contributed by atoms with Gasteiger partial charge in [-0.1, -0.05) is 13.0 Å². The zero-order chi connectivity index (χ0) is 13.1. The minimum Gasteiger partial charge on any atom is -0.314 e. The van der Waals surface area contributed by atoms with Gasteiger partial charge in [-0.15, -0.1) is 47.5 Å². The molecule has 2 aromatic heterocycles. The van der Waals surface area contributed by atoms with Crippen molar-refractivity contribution in [2.24, 2.45) is 0 Å². The Hall–Kier alpha value is -0.100. The monoisotopic (exact) mass is 364 g/mol. The Morgan fingerprint density at radius 3 is 2.48 bits per heavy atom. The van der Waals surface area contributed by atoms with Crippen molar-refractivity contribution in [1.29, 1.82) is 0 Å². The van der Waals surface area contributed by atoms with E-state index in [0.717, 1.165) is 32.6 Å². The first kappa shape index (κ1) is 18.9. The summed E-state index contributed by atoms with van der Waals surface area (Å²) in [5.41, 5.74) is 0. The van der Waals surface area contributed by atoms with Crippen molar-refractivity contribution in [2.75, 3.05) is 26.2 Å². The SMILES string of the molecule is CCc1ccc([C@H](c2cccs2)N2CCNCC2)s1.Cl.Cl. The molecule has 0 bridgehead atoms. The molecule has 3 heterocycles. The van der Waals surface area contributed by atoms with E-state index in [1.54, 1.807) is 0 Å². The van der Waals surface area contributed by atoms with Gasteiger partial charge in [0.2, 0.25) is 0 Å². The number of piperazine rings is 1. The van der Waals surface area contributed by atoms with Crippen LogP contribution in [0.4, 0.5) is 0 Å². The van der Waals surface area contributed by atoms with E-state index in [4.69, 9.17) is 0 Å². The molecule has 0 radical (unpaired) electrons. The summed E-state index contributed by atoms with van der Waals surface area (Å²) in [6, 6.07) is 9.54. The fourth-order valence-electron chi connectivity index (χ4n) is 2.62. The van der Waals surface area contributed by atoms with Crippen LogP contribution >= 0.6 is 47.5 Å². The van der Waals surface area contributed by atoms with Crippen LogP contribution in [0.25, 0.3) is 0 Å². The Morgan fingerprint density at radius 2 is 1.90 bits per heavy atom. The summed E-state index contributed by atoms with van der Waals surface area (Å²) < 4.78 is 0. The van der Waals surface area contributed by atoms with Crippen LogP contribution < -0.4 is 5.32 Å². The molecule has 1 atom stereocenters. The third kappa shape index (κ3) is 4.44. The lowest BCUT2D eigenvalue weighted by Gasteiger charge is -2.34. The minimum atomic E-state index is 0. The van der Waals surface area contributed by atoms with E-state index in [0.29, 0.717) is 6.04 Å². The molecular formula is C15H22Cl2N2S2. The Morgan fingerprint density at radius 1 is 1.14 bits per heavy atom. The molecule has 0 amide bonds. The Balaban J connectivity index is 0.00000110. The van der Waals surface area contributed by atoms with Crippen LogP contribution in [0.5, 0.6) is 0 Å². The van der Waals surface area contributed by atoms with E-state index in [1.165, 1.54) is 14.6 Å². The molecule has 0 spiro atoms. The smallest absolute Gasteiger partial charge is 0.0790 e. The maximum atomic E-state index is 3.45. The van der Waals surface area contributed by atoms with Gasteiger partial charge < -0.3 is 5.32 Å². The average Bonchev–Trinajstić information content (AvgIpc) is 3.12. The maximum absolute atomic E-state index is 3.45. The van der Waals surface area contributed by atoms with Gasteiger partial charge in [0.1, 0.15) is 0 Å². The fourth-order valence-corrected chi connectivity index (χ4v) is 4.68. The molecule has 1 aliphatic rings. The van der Waals surface area contributed by atoms with Gasteiger partial charge in [0, 0.05) is 40.8 Å². The van der Waals surface area contributed by atoms with Gasteiger partial charge in [0.05, 0.1) is 6.04 Å². The second-order valence-corrected chi connectivity index (χ2v) is 7.04. The first-order valence-electron chi connectivity index (χ1n) is 6.95. The number of halogens is 2. The second-order valence-electron chi connectivity index (χ2n) is 4.86. The number of nitrogens with one attached hydrogen (secondary N) is 1. The normalized spacial score (nSPS) is 16.8. The predicted octanol–water partition coefficient (Wildman–Crippen LogP) is 4.21. The van der Waals surface area contributed by atoms with Crippen LogP contribution in [0, 0.1) is 0 Å². The molecule has 2 aromatic rings. The van der Waals surface area contributed by atoms with Gasteiger partial charge >= 0.3 is 0 Å². The van der Waals surface area contributed by atoms with Gasteiger partial charge in [0.25, 0.3) is 0 Å². The van der Waals surface area contributed by atoms with Gasteiger partial charge in [-0.3, -0.25) is 4.90 Å². The highest BCUT2D eigenvalue weighted by Crippen LogP contribution is 2.35. The predicted molar refractivity (Wildman–Crippen MR) is 98.8 cm³/mol. The van der Waals surface area contributed by atoms with Crippen molar-refractivity contribution in [1.82, 2.24) is 10.2 Å². The van der Waals surface area contributed by atoms with E-state index in [-0.39, 0.29) is 24.8 Å². The number of hydrogen-bond donors (Lipinski definition) is 1. The number of aryl methyl sites for hydroxylation is 1. The Labute approximate surface area is 147 Å². The standard InChI is InChI=1S/C15H20N2S2.2ClH/c1-2-12-5-6-14(19-12)15(13-4-3-11-18-13)17-9-7-16-8-10-17;;/h3-6,11,15-16H,2,7-10H2,1H3;2*1H/t15-;;/m0../s1. The third-order valence-corrected chi connectivity index (χ3v) is 5.84. The molecule has 1 N–H and O–H groups in total. The summed E-state index contributed by atoms with van der Waals surface area (Å²) in [5.74, 6) is 0. The molecule has 6 heteroatoms. The minimum absolute atomic E-state index is 0. The first-order chi connectivity index (χ1) is 9.38. The molecule has 0 aromatic carbocycles. The van der Waals surface area contributed by atoms with Gasteiger partial charge in [0.15, 0.2) is 0 Å². The number of hydrogen-bond acceptors (Lipinski definition) is 4. The van der Waals surface area contributed by atoms with Crippen LogP contribution in [0.1, 0.15) is 27.6 Å². The average molecular weight is 365 g/mol.